The first kappa shape index (κ1) is 12.0. The molecule has 0 aromatic carbocycles. The summed E-state index contributed by atoms with van der Waals surface area (Å²) in [4.78, 5) is 9.84. The van der Waals surface area contributed by atoms with Gasteiger partial charge in [-0.2, -0.15) is 0 Å². The van der Waals surface area contributed by atoms with Crippen LogP contribution in [0, 0.1) is 13.8 Å². The molecule has 2 aliphatic heterocycles. The van der Waals surface area contributed by atoms with E-state index >= 15 is 0 Å². The summed E-state index contributed by atoms with van der Waals surface area (Å²) in [6, 6.07) is 5.75. The topological polar surface area (TPSA) is 19.4 Å². The van der Waals surface area contributed by atoms with Crippen molar-refractivity contribution in [3.8, 4) is 0 Å². The molecule has 0 bridgehead atoms. The summed E-state index contributed by atoms with van der Waals surface area (Å²) in [5.74, 6) is 0. The van der Waals surface area contributed by atoms with E-state index in [4.69, 9.17) is 0 Å². The van der Waals surface area contributed by atoms with Gasteiger partial charge >= 0.3 is 0 Å². The van der Waals surface area contributed by atoms with Gasteiger partial charge < -0.3 is 4.90 Å². The molecule has 3 heterocycles. The lowest BCUT2D eigenvalue weighted by atomic mass is 10.1. The Balaban J connectivity index is 1.86. The maximum absolute atomic E-state index is 4.61. The summed E-state index contributed by atoms with van der Waals surface area (Å²) in [6.07, 6.45) is 2.73. The zero-order valence-corrected chi connectivity index (χ0v) is 11.7. The number of piperazine rings is 1. The molecule has 0 saturated carbocycles. The van der Waals surface area contributed by atoms with Crippen molar-refractivity contribution in [3.63, 3.8) is 0 Å². The number of hydrogen-bond donors (Lipinski definition) is 0. The van der Waals surface area contributed by atoms with Gasteiger partial charge in [0, 0.05) is 30.9 Å². The van der Waals surface area contributed by atoms with Gasteiger partial charge in [-0.05, 0) is 52.3 Å². The number of fused-ring (bicyclic) bond motifs is 1. The molecule has 1 aromatic heterocycles. The second-order valence-corrected chi connectivity index (χ2v) is 5.85. The van der Waals surface area contributed by atoms with Gasteiger partial charge in [-0.25, -0.2) is 0 Å². The monoisotopic (exact) mass is 245 g/mol. The zero-order valence-electron chi connectivity index (χ0n) is 11.7. The van der Waals surface area contributed by atoms with Gasteiger partial charge in [-0.15, -0.1) is 0 Å². The van der Waals surface area contributed by atoms with Gasteiger partial charge in [0.15, 0.2) is 0 Å². The molecule has 0 amide bonds. The number of pyridine rings is 1. The third kappa shape index (κ3) is 2.01. The molecular formula is C15H23N3. The molecule has 3 rings (SSSR count). The summed E-state index contributed by atoms with van der Waals surface area (Å²) in [5, 5.41) is 0. The molecule has 98 valence electrons. The van der Waals surface area contributed by atoms with Crippen molar-refractivity contribution in [3.05, 3.63) is 23.5 Å². The normalized spacial score (nSPS) is 28.5. The molecule has 0 N–H and O–H groups in total. The highest BCUT2D eigenvalue weighted by atomic mass is 15.3. The number of anilines is 1. The van der Waals surface area contributed by atoms with Crippen LogP contribution in [0.3, 0.4) is 0 Å². The summed E-state index contributed by atoms with van der Waals surface area (Å²) < 4.78 is 0. The summed E-state index contributed by atoms with van der Waals surface area (Å²) >= 11 is 0. The van der Waals surface area contributed by atoms with Crippen LogP contribution in [0.5, 0.6) is 0 Å². The Hall–Kier alpha value is -1.09. The van der Waals surface area contributed by atoms with E-state index in [1.807, 2.05) is 0 Å². The SMILES string of the molecule is Cc1ccc(N2CC3CCCN3CC2C)c(C)n1. The molecule has 0 radical (unpaired) electrons. The zero-order chi connectivity index (χ0) is 12.7. The van der Waals surface area contributed by atoms with Crippen LogP contribution in [0.15, 0.2) is 12.1 Å². The first-order valence-corrected chi connectivity index (χ1v) is 7.10. The number of aryl methyl sites for hydroxylation is 2. The summed E-state index contributed by atoms with van der Waals surface area (Å²) in [7, 11) is 0. The summed E-state index contributed by atoms with van der Waals surface area (Å²) in [5.41, 5.74) is 3.62. The number of rotatable bonds is 1. The van der Waals surface area contributed by atoms with Crippen molar-refractivity contribution in [1.82, 2.24) is 9.88 Å². The standard InChI is InChI=1S/C15H23N3/c1-11-6-7-15(13(3)16-11)18-10-14-5-4-8-17(14)9-12(18)2/h6-7,12,14H,4-5,8-10H2,1-3H3. The van der Waals surface area contributed by atoms with Gasteiger partial charge in [-0.1, -0.05) is 0 Å². The minimum absolute atomic E-state index is 0.600. The van der Waals surface area contributed by atoms with Crippen molar-refractivity contribution in [2.24, 2.45) is 0 Å². The fourth-order valence-electron chi connectivity index (χ4n) is 3.51. The first-order chi connectivity index (χ1) is 8.65. The Bertz CT molecular complexity index is 443. The second-order valence-electron chi connectivity index (χ2n) is 5.85. The van der Waals surface area contributed by atoms with Crippen LogP contribution >= 0.6 is 0 Å². The molecule has 2 fully saturated rings. The Labute approximate surface area is 110 Å². The second kappa shape index (κ2) is 4.54. The first-order valence-electron chi connectivity index (χ1n) is 7.10. The molecule has 0 spiro atoms. The van der Waals surface area contributed by atoms with Gasteiger partial charge in [0.1, 0.15) is 0 Å². The Morgan fingerprint density at radius 2 is 2.06 bits per heavy atom. The smallest absolute Gasteiger partial charge is 0.0609 e. The van der Waals surface area contributed by atoms with Crippen LogP contribution in [-0.2, 0) is 0 Å². The Morgan fingerprint density at radius 3 is 2.83 bits per heavy atom. The van der Waals surface area contributed by atoms with Crippen LogP contribution < -0.4 is 4.90 Å². The van der Waals surface area contributed by atoms with E-state index in [2.05, 4.69) is 47.7 Å². The van der Waals surface area contributed by atoms with Crippen LogP contribution in [0.4, 0.5) is 5.69 Å². The fraction of sp³-hybridized carbons (Fsp3) is 0.667. The largest absolute Gasteiger partial charge is 0.365 e. The van der Waals surface area contributed by atoms with Crippen LogP contribution in [-0.4, -0.2) is 41.6 Å². The molecule has 3 nitrogen and oxygen atoms in total. The van der Waals surface area contributed by atoms with Crippen molar-refractivity contribution in [2.75, 3.05) is 24.5 Å². The van der Waals surface area contributed by atoms with Crippen molar-refractivity contribution < 1.29 is 0 Å². The maximum Gasteiger partial charge on any atom is 0.0609 e. The highest BCUT2D eigenvalue weighted by Gasteiger charge is 2.34. The molecule has 3 heteroatoms. The van der Waals surface area contributed by atoms with E-state index in [1.54, 1.807) is 0 Å². The van der Waals surface area contributed by atoms with Crippen molar-refractivity contribution in [1.29, 1.82) is 0 Å². The molecule has 2 aliphatic rings. The predicted molar refractivity (Wildman–Crippen MR) is 75.1 cm³/mol. The van der Waals surface area contributed by atoms with E-state index in [9.17, 15) is 0 Å². The van der Waals surface area contributed by atoms with Crippen LogP contribution in [0.1, 0.15) is 31.2 Å². The number of hydrogen-bond acceptors (Lipinski definition) is 3. The molecule has 2 saturated heterocycles. The Morgan fingerprint density at radius 1 is 1.22 bits per heavy atom. The van der Waals surface area contributed by atoms with E-state index in [0.29, 0.717) is 6.04 Å². The number of aromatic nitrogens is 1. The average Bonchev–Trinajstić information content (AvgIpc) is 2.75. The van der Waals surface area contributed by atoms with Gasteiger partial charge in [-0.3, -0.25) is 9.88 Å². The maximum atomic E-state index is 4.61. The summed E-state index contributed by atoms with van der Waals surface area (Å²) in [6.45, 7) is 10.2. The molecule has 18 heavy (non-hydrogen) atoms. The molecule has 1 aromatic rings. The third-order valence-electron chi connectivity index (χ3n) is 4.44. The lowest BCUT2D eigenvalue weighted by molar-refractivity contribution is 0.203. The predicted octanol–water partition coefficient (Wildman–Crippen LogP) is 2.37. The molecule has 2 unspecified atom stereocenters. The van der Waals surface area contributed by atoms with Crippen LogP contribution in [0.2, 0.25) is 0 Å². The third-order valence-corrected chi connectivity index (χ3v) is 4.44. The van der Waals surface area contributed by atoms with Gasteiger partial charge in [0.2, 0.25) is 0 Å². The lowest BCUT2D eigenvalue weighted by Crippen LogP contribution is -2.55. The highest BCUT2D eigenvalue weighted by molar-refractivity contribution is 5.52. The number of nitrogens with zero attached hydrogens (tertiary/aromatic N) is 3. The van der Waals surface area contributed by atoms with Crippen LogP contribution in [0.25, 0.3) is 0 Å². The molecule has 2 atom stereocenters. The molecule has 0 aliphatic carbocycles. The van der Waals surface area contributed by atoms with E-state index in [1.165, 1.54) is 43.9 Å². The van der Waals surface area contributed by atoms with Gasteiger partial charge in [0.25, 0.3) is 0 Å². The highest BCUT2D eigenvalue weighted by Crippen LogP contribution is 2.29. The lowest BCUT2D eigenvalue weighted by Gasteiger charge is -2.44. The quantitative estimate of drug-likeness (QED) is 0.757. The minimum atomic E-state index is 0.600. The molecular weight excluding hydrogens is 222 g/mol. The van der Waals surface area contributed by atoms with Gasteiger partial charge in [0.05, 0.1) is 11.4 Å². The van der Waals surface area contributed by atoms with E-state index in [0.717, 1.165) is 11.7 Å². The van der Waals surface area contributed by atoms with E-state index < -0.39 is 0 Å². The minimum Gasteiger partial charge on any atom is -0.365 e. The average molecular weight is 245 g/mol. The van der Waals surface area contributed by atoms with Crippen molar-refractivity contribution in [2.45, 2.75) is 45.7 Å². The van der Waals surface area contributed by atoms with E-state index in [-0.39, 0.29) is 0 Å². The Kier molecular flexibility index (Phi) is 3.02. The van der Waals surface area contributed by atoms with Crippen molar-refractivity contribution >= 4 is 5.69 Å². The fourth-order valence-corrected chi connectivity index (χ4v) is 3.51.